The normalized spacial score (nSPS) is 13.7. The van der Waals surface area contributed by atoms with Crippen LogP contribution in [0.5, 0.6) is 0 Å². The van der Waals surface area contributed by atoms with E-state index in [1.54, 1.807) is 0 Å². The van der Waals surface area contributed by atoms with E-state index in [0.29, 0.717) is 19.0 Å². The first-order valence-electron chi connectivity index (χ1n) is 8.39. The molecule has 0 unspecified atom stereocenters. The number of hydrogen-bond acceptors (Lipinski definition) is 2. The topological polar surface area (TPSA) is 59.0 Å². The van der Waals surface area contributed by atoms with Crippen LogP contribution in [-0.4, -0.2) is 28.7 Å². The molecule has 122 valence electrons. The lowest BCUT2D eigenvalue weighted by Gasteiger charge is -2.10. The Bertz CT molecular complexity index is 619. The molecule has 5 nitrogen and oxygen atoms in total. The van der Waals surface area contributed by atoms with Crippen LogP contribution in [0.2, 0.25) is 0 Å². The fraction of sp³-hybridized carbons (Fsp3) is 0.444. The Hall–Kier alpha value is -2.30. The maximum absolute atomic E-state index is 11.8. The summed E-state index contributed by atoms with van der Waals surface area (Å²) < 4.78 is 2.15. The van der Waals surface area contributed by atoms with Gasteiger partial charge in [0, 0.05) is 37.9 Å². The van der Waals surface area contributed by atoms with Gasteiger partial charge in [-0.2, -0.15) is 0 Å². The molecule has 0 atom stereocenters. The van der Waals surface area contributed by atoms with Gasteiger partial charge in [0.25, 0.3) is 0 Å². The third-order valence-electron chi connectivity index (χ3n) is 4.10. The fourth-order valence-corrected chi connectivity index (χ4v) is 2.70. The Morgan fingerprint density at radius 1 is 1.17 bits per heavy atom. The van der Waals surface area contributed by atoms with Crippen molar-refractivity contribution in [2.24, 2.45) is 0 Å². The Balaban J connectivity index is 1.28. The average Bonchev–Trinajstić information content (AvgIpc) is 3.32. The van der Waals surface area contributed by atoms with E-state index in [0.717, 1.165) is 25.2 Å². The highest BCUT2D eigenvalue weighted by Crippen LogP contribution is 2.38. The number of hydrogen-bond donors (Lipinski definition) is 2. The van der Waals surface area contributed by atoms with Gasteiger partial charge in [-0.3, -0.25) is 0 Å². The quantitative estimate of drug-likeness (QED) is 0.736. The molecule has 0 saturated heterocycles. The Morgan fingerprint density at radius 3 is 2.74 bits per heavy atom. The summed E-state index contributed by atoms with van der Waals surface area (Å²) in [6.07, 6.45) is 8.26. The molecule has 0 radical (unpaired) electrons. The zero-order valence-corrected chi connectivity index (χ0v) is 13.4. The number of aromatic nitrogens is 2. The predicted molar refractivity (Wildman–Crippen MR) is 90.4 cm³/mol. The molecule has 3 rings (SSSR count). The van der Waals surface area contributed by atoms with E-state index in [1.165, 1.54) is 18.4 Å². The van der Waals surface area contributed by atoms with Crippen molar-refractivity contribution in [2.45, 2.75) is 38.1 Å². The summed E-state index contributed by atoms with van der Waals surface area (Å²) in [4.78, 5) is 16.2. The van der Waals surface area contributed by atoms with Crippen molar-refractivity contribution in [1.29, 1.82) is 0 Å². The SMILES string of the molecule is O=C(NCCCc1ccccc1)NCCn1ccnc1C1CC1. The Labute approximate surface area is 137 Å². The van der Waals surface area contributed by atoms with E-state index in [-0.39, 0.29) is 6.03 Å². The van der Waals surface area contributed by atoms with E-state index < -0.39 is 0 Å². The largest absolute Gasteiger partial charge is 0.338 e. The van der Waals surface area contributed by atoms with Crippen molar-refractivity contribution in [3.05, 3.63) is 54.1 Å². The molecule has 2 aromatic rings. The van der Waals surface area contributed by atoms with Crippen LogP contribution in [0.15, 0.2) is 42.7 Å². The first-order valence-corrected chi connectivity index (χ1v) is 8.39. The second kappa shape index (κ2) is 7.81. The standard InChI is InChI=1S/C18H24N4O/c23-18(20-10-4-7-15-5-2-1-3-6-15)21-12-14-22-13-11-19-17(22)16-8-9-16/h1-3,5-6,11,13,16H,4,7-10,12,14H2,(H2,20,21,23). The number of carbonyl (C=O) groups is 1. The lowest BCUT2D eigenvalue weighted by atomic mass is 10.1. The number of imidazole rings is 1. The summed E-state index contributed by atoms with van der Waals surface area (Å²) in [5.41, 5.74) is 1.31. The van der Waals surface area contributed by atoms with Crippen LogP contribution < -0.4 is 10.6 Å². The molecule has 5 heteroatoms. The molecule has 0 bridgehead atoms. The first-order chi connectivity index (χ1) is 11.3. The van der Waals surface area contributed by atoms with Crippen molar-refractivity contribution < 1.29 is 4.79 Å². The zero-order valence-electron chi connectivity index (χ0n) is 13.4. The van der Waals surface area contributed by atoms with E-state index in [1.807, 2.05) is 30.6 Å². The number of rotatable bonds is 8. The van der Waals surface area contributed by atoms with Crippen LogP contribution in [0.4, 0.5) is 4.79 Å². The van der Waals surface area contributed by atoms with Gasteiger partial charge in [0.05, 0.1) is 0 Å². The Morgan fingerprint density at radius 2 is 1.96 bits per heavy atom. The van der Waals surface area contributed by atoms with Gasteiger partial charge in [0.15, 0.2) is 0 Å². The molecule has 2 N–H and O–H groups in total. The number of benzene rings is 1. The summed E-state index contributed by atoms with van der Waals surface area (Å²) in [6, 6.07) is 10.2. The van der Waals surface area contributed by atoms with Crippen LogP contribution in [0.3, 0.4) is 0 Å². The van der Waals surface area contributed by atoms with Crippen LogP contribution in [0.25, 0.3) is 0 Å². The highest BCUT2D eigenvalue weighted by molar-refractivity contribution is 5.73. The van der Waals surface area contributed by atoms with Gasteiger partial charge < -0.3 is 15.2 Å². The average molecular weight is 312 g/mol. The minimum atomic E-state index is -0.0915. The molecule has 0 aliphatic heterocycles. The number of carbonyl (C=O) groups excluding carboxylic acids is 1. The van der Waals surface area contributed by atoms with Gasteiger partial charge in [0.2, 0.25) is 0 Å². The number of amides is 2. The van der Waals surface area contributed by atoms with Crippen LogP contribution in [0.1, 0.15) is 36.6 Å². The highest BCUT2D eigenvalue weighted by Gasteiger charge is 2.27. The van der Waals surface area contributed by atoms with Gasteiger partial charge in [-0.15, -0.1) is 0 Å². The zero-order chi connectivity index (χ0) is 15.9. The molecule has 1 fully saturated rings. The van der Waals surface area contributed by atoms with Crippen LogP contribution in [-0.2, 0) is 13.0 Å². The van der Waals surface area contributed by atoms with Gasteiger partial charge >= 0.3 is 6.03 Å². The van der Waals surface area contributed by atoms with Crippen molar-refractivity contribution in [3.8, 4) is 0 Å². The minimum absolute atomic E-state index is 0.0915. The van der Waals surface area contributed by atoms with Crippen molar-refractivity contribution >= 4 is 6.03 Å². The molecule has 1 aromatic heterocycles. The van der Waals surface area contributed by atoms with E-state index in [2.05, 4.69) is 32.3 Å². The molecule has 1 aromatic carbocycles. The Kier molecular flexibility index (Phi) is 5.29. The molecule has 0 spiro atoms. The summed E-state index contributed by atoms with van der Waals surface area (Å²) in [6.45, 7) is 2.10. The van der Waals surface area contributed by atoms with E-state index >= 15 is 0 Å². The maximum atomic E-state index is 11.8. The van der Waals surface area contributed by atoms with Gasteiger partial charge in [0.1, 0.15) is 5.82 Å². The fourth-order valence-electron chi connectivity index (χ4n) is 2.70. The number of urea groups is 1. The lowest BCUT2D eigenvalue weighted by Crippen LogP contribution is -2.37. The smallest absolute Gasteiger partial charge is 0.314 e. The highest BCUT2D eigenvalue weighted by atomic mass is 16.2. The second-order valence-electron chi connectivity index (χ2n) is 6.02. The first kappa shape index (κ1) is 15.6. The van der Waals surface area contributed by atoms with E-state index in [9.17, 15) is 4.79 Å². The predicted octanol–water partition coefficient (Wildman–Crippen LogP) is 2.69. The number of nitrogens with one attached hydrogen (secondary N) is 2. The lowest BCUT2D eigenvalue weighted by molar-refractivity contribution is 0.240. The molecule has 1 saturated carbocycles. The third-order valence-corrected chi connectivity index (χ3v) is 4.10. The maximum Gasteiger partial charge on any atom is 0.314 e. The van der Waals surface area contributed by atoms with Crippen molar-refractivity contribution in [2.75, 3.05) is 13.1 Å². The third kappa shape index (κ3) is 4.84. The monoisotopic (exact) mass is 312 g/mol. The van der Waals surface area contributed by atoms with Crippen LogP contribution >= 0.6 is 0 Å². The van der Waals surface area contributed by atoms with Gasteiger partial charge in [-0.05, 0) is 31.2 Å². The van der Waals surface area contributed by atoms with Gasteiger partial charge in [-0.25, -0.2) is 9.78 Å². The molecule has 1 aliphatic carbocycles. The summed E-state index contributed by atoms with van der Waals surface area (Å²) in [5, 5.41) is 5.82. The molecule has 2 amide bonds. The van der Waals surface area contributed by atoms with Crippen molar-refractivity contribution in [3.63, 3.8) is 0 Å². The van der Waals surface area contributed by atoms with Crippen molar-refractivity contribution in [1.82, 2.24) is 20.2 Å². The number of nitrogens with zero attached hydrogens (tertiary/aromatic N) is 2. The summed E-state index contributed by atoms with van der Waals surface area (Å²) in [7, 11) is 0. The number of aryl methyl sites for hydroxylation is 1. The summed E-state index contributed by atoms with van der Waals surface area (Å²) in [5.74, 6) is 1.80. The van der Waals surface area contributed by atoms with E-state index in [4.69, 9.17) is 0 Å². The molecular weight excluding hydrogens is 288 g/mol. The molecule has 1 aliphatic rings. The van der Waals surface area contributed by atoms with Gasteiger partial charge in [-0.1, -0.05) is 30.3 Å². The molecule has 1 heterocycles. The second-order valence-corrected chi connectivity index (χ2v) is 6.02. The minimum Gasteiger partial charge on any atom is -0.338 e. The van der Waals surface area contributed by atoms with Crippen LogP contribution in [0, 0.1) is 0 Å². The molecule has 23 heavy (non-hydrogen) atoms. The molecular formula is C18H24N4O. The summed E-state index contributed by atoms with van der Waals surface area (Å²) >= 11 is 0.